The summed E-state index contributed by atoms with van der Waals surface area (Å²) in [7, 11) is 0. The molecule has 1 aliphatic rings. The molecule has 25 heavy (non-hydrogen) atoms. The molecule has 6 heteroatoms. The zero-order chi connectivity index (χ0) is 17.2. The van der Waals surface area contributed by atoms with Gasteiger partial charge in [-0.1, -0.05) is 23.5 Å². The lowest BCUT2D eigenvalue weighted by molar-refractivity contribution is -0.126. The molecule has 1 fully saturated rings. The molecule has 0 unspecified atom stereocenters. The number of amides is 1. The smallest absolute Gasteiger partial charge is 0.246 e. The minimum Gasteiger partial charge on any atom is -0.345 e. The van der Waals surface area contributed by atoms with Gasteiger partial charge in [0.25, 0.3) is 0 Å². The topological polar surface area (TPSA) is 36.4 Å². The normalized spacial score (nSPS) is 15.4. The van der Waals surface area contributed by atoms with Crippen molar-refractivity contribution in [1.82, 2.24) is 9.88 Å². The molecule has 128 valence electrons. The van der Waals surface area contributed by atoms with Crippen molar-refractivity contribution >= 4 is 50.0 Å². The molecule has 1 aromatic carbocycles. The molecule has 4 nitrogen and oxygen atoms in total. The second kappa shape index (κ2) is 6.98. The van der Waals surface area contributed by atoms with Crippen molar-refractivity contribution in [1.29, 1.82) is 0 Å². The number of carbonyl (C=O) groups is 1. The highest BCUT2D eigenvalue weighted by atomic mass is 32.1. The monoisotopic (exact) mass is 369 g/mol. The van der Waals surface area contributed by atoms with E-state index in [9.17, 15) is 4.79 Å². The van der Waals surface area contributed by atoms with E-state index in [-0.39, 0.29) is 5.91 Å². The highest BCUT2D eigenvalue weighted by molar-refractivity contribution is 7.22. The van der Waals surface area contributed by atoms with Crippen molar-refractivity contribution in [2.75, 3.05) is 31.1 Å². The summed E-state index contributed by atoms with van der Waals surface area (Å²) < 4.78 is 1.23. The molecular weight excluding hydrogens is 350 g/mol. The third kappa shape index (κ3) is 3.60. The largest absolute Gasteiger partial charge is 0.345 e. The quantitative estimate of drug-likeness (QED) is 0.654. The van der Waals surface area contributed by atoms with E-state index in [0.29, 0.717) is 0 Å². The van der Waals surface area contributed by atoms with Gasteiger partial charge < -0.3 is 9.80 Å². The Morgan fingerprint density at radius 2 is 2.04 bits per heavy atom. The predicted octanol–water partition coefficient (Wildman–Crippen LogP) is 4.03. The van der Waals surface area contributed by atoms with Crippen LogP contribution in [0.25, 0.3) is 16.3 Å². The average molecular weight is 370 g/mol. The zero-order valence-electron chi connectivity index (χ0n) is 14.0. The maximum atomic E-state index is 12.3. The molecule has 0 spiro atoms. The summed E-state index contributed by atoms with van der Waals surface area (Å²) in [5.74, 6) is 0.0907. The maximum Gasteiger partial charge on any atom is 0.246 e. The molecular formula is C19H19N3OS2. The first kappa shape index (κ1) is 16.3. The van der Waals surface area contributed by atoms with Crippen molar-refractivity contribution in [2.24, 2.45) is 0 Å². The van der Waals surface area contributed by atoms with Gasteiger partial charge in [0.1, 0.15) is 0 Å². The number of hydrogen-bond donors (Lipinski definition) is 0. The Morgan fingerprint density at radius 3 is 2.80 bits per heavy atom. The van der Waals surface area contributed by atoms with Gasteiger partial charge in [-0.3, -0.25) is 4.79 Å². The number of hydrogen-bond acceptors (Lipinski definition) is 5. The molecule has 1 aliphatic heterocycles. The van der Waals surface area contributed by atoms with Gasteiger partial charge >= 0.3 is 0 Å². The third-order valence-corrected chi connectivity index (χ3v) is 6.24. The van der Waals surface area contributed by atoms with E-state index in [1.54, 1.807) is 28.7 Å². The number of aryl methyl sites for hydroxylation is 1. The Labute approximate surface area is 155 Å². The van der Waals surface area contributed by atoms with Gasteiger partial charge in [-0.15, -0.1) is 11.3 Å². The fraction of sp³-hybridized carbons (Fsp3) is 0.263. The Morgan fingerprint density at radius 1 is 1.20 bits per heavy atom. The van der Waals surface area contributed by atoms with Gasteiger partial charge in [0.05, 0.1) is 10.2 Å². The number of thiazole rings is 1. The van der Waals surface area contributed by atoms with Crippen LogP contribution in [0.15, 0.2) is 41.8 Å². The molecule has 2 aromatic heterocycles. The van der Waals surface area contributed by atoms with E-state index in [2.05, 4.69) is 30.0 Å². The molecule has 3 heterocycles. The number of fused-ring (bicyclic) bond motifs is 1. The SMILES string of the molecule is Cc1ccc2nc(N3CCN(C(=O)/C=C/c4cccs4)CC3)sc2c1. The van der Waals surface area contributed by atoms with Crippen LogP contribution >= 0.6 is 22.7 Å². The number of carbonyl (C=O) groups excluding carboxylic acids is 1. The van der Waals surface area contributed by atoms with Crippen molar-refractivity contribution in [3.05, 3.63) is 52.2 Å². The molecule has 0 N–H and O–H groups in total. The average Bonchev–Trinajstić information content (AvgIpc) is 3.29. The maximum absolute atomic E-state index is 12.3. The first-order valence-corrected chi connectivity index (χ1v) is 10.0. The number of nitrogens with zero attached hydrogens (tertiary/aromatic N) is 3. The number of thiophene rings is 1. The number of anilines is 1. The van der Waals surface area contributed by atoms with Crippen LogP contribution < -0.4 is 4.90 Å². The standard InChI is InChI=1S/C19H19N3OS2/c1-14-4-6-16-17(13-14)25-19(20-16)22-10-8-21(9-11-22)18(23)7-5-15-3-2-12-24-15/h2-7,12-13H,8-11H2,1H3/b7-5+. The Hall–Kier alpha value is -2.18. The molecule has 0 bridgehead atoms. The lowest BCUT2D eigenvalue weighted by Crippen LogP contribution is -2.48. The van der Waals surface area contributed by atoms with Crippen LogP contribution in [0.3, 0.4) is 0 Å². The van der Waals surface area contributed by atoms with Crippen LogP contribution in [-0.2, 0) is 4.79 Å². The minimum absolute atomic E-state index is 0.0907. The Balaban J connectivity index is 1.39. The lowest BCUT2D eigenvalue weighted by Gasteiger charge is -2.34. The fourth-order valence-corrected chi connectivity index (χ4v) is 4.65. The van der Waals surface area contributed by atoms with Gasteiger partial charge in [0, 0.05) is 37.1 Å². The van der Waals surface area contributed by atoms with Crippen LogP contribution in [0.5, 0.6) is 0 Å². The minimum atomic E-state index is 0.0907. The molecule has 0 atom stereocenters. The molecule has 0 saturated carbocycles. The lowest BCUT2D eigenvalue weighted by atomic mass is 10.2. The van der Waals surface area contributed by atoms with Gasteiger partial charge in [-0.25, -0.2) is 4.98 Å². The molecule has 3 aromatic rings. The summed E-state index contributed by atoms with van der Waals surface area (Å²) in [6, 6.07) is 10.4. The number of aromatic nitrogens is 1. The Kier molecular flexibility index (Phi) is 4.55. The number of rotatable bonds is 3. The second-order valence-electron chi connectivity index (χ2n) is 6.13. The van der Waals surface area contributed by atoms with Crippen molar-refractivity contribution in [3.63, 3.8) is 0 Å². The molecule has 0 aliphatic carbocycles. The van der Waals surface area contributed by atoms with E-state index in [1.165, 1.54) is 10.3 Å². The summed E-state index contributed by atoms with van der Waals surface area (Å²) in [6.07, 6.45) is 3.58. The van der Waals surface area contributed by atoms with Crippen molar-refractivity contribution in [3.8, 4) is 0 Å². The summed E-state index contributed by atoms with van der Waals surface area (Å²) in [5, 5.41) is 3.07. The summed E-state index contributed by atoms with van der Waals surface area (Å²) >= 11 is 3.37. The van der Waals surface area contributed by atoms with Crippen LogP contribution in [0, 0.1) is 6.92 Å². The molecule has 1 saturated heterocycles. The molecule has 4 rings (SSSR count). The third-order valence-electron chi connectivity index (χ3n) is 4.33. The fourth-order valence-electron chi connectivity index (χ4n) is 2.92. The number of piperazine rings is 1. The highest BCUT2D eigenvalue weighted by Crippen LogP contribution is 2.30. The van der Waals surface area contributed by atoms with Gasteiger partial charge in [-0.05, 0) is 42.1 Å². The first-order valence-electron chi connectivity index (χ1n) is 8.32. The van der Waals surface area contributed by atoms with Crippen LogP contribution in [0.1, 0.15) is 10.4 Å². The first-order chi connectivity index (χ1) is 12.2. The van der Waals surface area contributed by atoms with E-state index >= 15 is 0 Å². The van der Waals surface area contributed by atoms with Crippen LogP contribution in [0.2, 0.25) is 0 Å². The van der Waals surface area contributed by atoms with Gasteiger partial charge in [0.2, 0.25) is 5.91 Å². The summed E-state index contributed by atoms with van der Waals surface area (Å²) in [5.41, 5.74) is 2.32. The summed E-state index contributed by atoms with van der Waals surface area (Å²) in [4.78, 5) is 22.4. The second-order valence-corrected chi connectivity index (χ2v) is 8.12. The van der Waals surface area contributed by atoms with E-state index in [1.807, 2.05) is 28.5 Å². The molecule has 1 amide bonds. The number of benzene rings is 1. The Bertz CT molecular complexity index is 906. The van der Waals surface area contributed by atoms with Gasteiger partial charge in [-0.2, -0.15) is 0 Å². The van der Waals surface area contributed by atoms with Crippen LogP contribution in [0.4, 0.5) is 5.13 Å². The molecule has 0 radical (unpaired) electrons. The van der Waals surface area contributed by atoms with Crippen molar-refractivity contribution < 1.29 is 4.79 Å². The van der Waals surface area contributed by atoms with Crippen LogP contribution in [-0.4, -0.2) is 42.0 Å². The zero-order valence-corrected chi connectivity index (χ0v) is 15.6. The van der Waals surface area contributed by atoms with E-state index < -0.39 is 0 Å². The van der Waals surface area contributed by atoms with Crippen molar-refractivity contribution in [2.45, 2.75) is 6.92 Å². The highest BCUT2D eigenvalue weighted by Gasteiger charge is 2.21. The predicted molar refractivity (Wildman–Crippen MR) is 107 cm³/mol. The van der Waals surface area contributed by atoms with Gasteiger partial charge in [0.15, 0.2) is 5.13 Å². The summed E-state index contributed by atoms with van der Waals surface area (Å²) in [6.45, 7) is 5.24. The van der Waals surface area contributed by atoms with E-state index in [0.717, 1.165) is 41.7 Å². The van der Waals surface area contributed by atoms with E-state index in [4.69, 9.17) is 4.98 Å².